The maximum absolute atomic E-state index is 13.9. The maximum atomic E-state index is 13.9. The van der Waals surface area contributed by atoms with Crippen LogP contribution in [0.1, 0.15) is 16.1 Å². The summed E-state index contributed by atoms with van der Waals surface area (Å²) in [7, 11) is 0. The highest BCUT2D eigenvalue weighted by Crippen LogP contribution is 2.28. The smallest absolute Gasteiger partial charge is 0.357 e. The molecule has 0 unspecified atom stereocenters. The monoisotopic (exact) mass is 279 g/mol. The van der Waals surface area contributed by atoms with Gasteiger partial charge in [0.05, 0.1) is 0 Å². The number of carbonyl (C=O) groups is 1. The van der Waals surface area contributed by atoms with Gasteiger partial charge in [0.25, 0.3) is 0 Å². The van der Waals surface area contributed by atoms with E-state index < -0.39 is 29.0 Å². The molecule has 2 rings (SSSR count). The second-order valence-corrected chi connectivity index (χ2v) is 4.06. The van der Waals surface area contributed by atoms with E-state index in [1.54, 1.807) is 12.1 Å². The topological polar surface area (TPSA) is 102 Å². The summed E-state index contributed by atoms with van der Waals surface area (Å²) in [5, 5.41) is 8.84. The lowest BCUT2D eigenvalue weighted by molar-refractivity contribution is 0.0685. The first-order valence-electron chi connectivity index (χ1n) is 5.62. The number of hydrogen-bond donors (Lipinski definition) is 3. The zero-order chi connectivity index (χ0) is 14.9. The Kier molecular flexibility index (Phi) is 3.62. The van der Waals surface area contributed by atoms with Gasteiger partial charge in [0.1, 0.15) is 11.4 Å². The SMILES string of the molecule is NCc1ccc(-c2nc(C(=O)O)c(F)c(N)c2F)cc1. The van der Waals surface area contributed by atoms with Crippen LogP contribution in [0.25, 0.3) is 11.3 Å². The van der Waals surface area contributed by atoms with Crippen LogP contribution < -0.4 is 11.5 Å². The number of carboxylic acids is 1. The molecule has 0 bridgehead atoms. The minimum Gasteiger partial charge on any atom is -0.476 e. The van der Waals surface area contributed by atoms with Crippen molar-refractivity contribution >= 4 is 11.7 Å². The van der Waals surface area contributed by atoms with Crippen LogP contribution in [-0.2, 0) is 6.54 Å². The molecule has 0 amide bonds. The zero-order valence-corrected chi connectivity index (χ0v) is 10.2. The van der Waals surface area contributed by atoms with Crippen LogP contribution in [0.2, 0.25) is 0 Å². The molecular weight excluding hydrogens is 268 g/mol. The number of aromatic nitrogens is 1. The van der Waals surface area contributed by atoms with Gasteiger partial charge in [-0.25, -0.2) is 18.6 Å². The minimum atomic E-state index is -1.62. The second-order valence-electron chi connectivity index (χ2n) is 4.06. The molecule has 5 N–H and O–H groups in total. The first kappa shape index (κ1) is 13.9. The molecule has 0 aliphatic rings. The van der Waals surface area contributed by atoms with Gasteiger partial charge in [0.2, 0.25) is 0 Å². The quantitative estimate of drug-likeness (QED) is 0.794. The molecule has 0 atom stereocenters. The molecule has 5 nitrogen and oxygen atoms in total. The number of anilines is 1. The van der Waals surface area contributed by atoms with E-state index in [1.165, 1.54) is 12.1 Å². The minimum absolute atomic E-state index is 0.286. The summed E-state index contributed by atoms with van der Waals surface area (Å²) in [6.07, 6.45) is 0. The van der Waals surface area contributed by atoms with Gasteiger partial charge in [-0.3, -0.25) is 0 Å². The predicted molar refractivity (Wildman–Crippen MR) is 68.9 cm³/mol. The summed E-state index contributed by atoms with van der Waals surface area (Å²) >= 11 is 0. The Morgan fingerprint density at radius 2 is 1.80 bits per heavy atom. The molecule has 0 saturated heterocycles. The summed E-state index contributed by atoms with van der Waals surface area (Å²) < 4.78 is 27.4. The number of nitrogens with zero attached hydrogens (tertiary/aromatic N) is 1. The Bertz CT molecular complexity index is 672. The normalized spacial score (nSPS) is 10.6. The fourth-order valence-corrected chi connectivity index (χ4v) is 1.69. The van der Waals surface area contributed by atoms with Crippen molar-refractivity contribution in [2.75, 3.05) is 5.73 Å². The van der Waals surface area contributed by atoms with Crippen LogP contribution in [0.15, 0.2) is 24.3 Å². The Labute approximate surface area is 112 Å². The van der Waals surface area contributed by atoms with Gasteiger partial charge < -0.3 is 16.6 Å². The van der Waals surface area contributed by atoms with Gasteiger partial charge in [-0.2, -0.15) is 0 Å². The lowest BCUT2D eigenvalue weighted by atomic mass is 10.1. The molecule has 0 saturated carbocycles. The van der Waals surface area contributed by atoms with Crippen molar-refractivity contribution in [2.24, 2.45) is 5.73 Å². The molecule has 0 aliphatic heterocycles. The highest BCUT2D eigenvalue weighted by atomic mass is 19.1. The predicted octanol–water partition coefficient (Wildman–Crippen LogP) is 1.77. The van der Waals surface area contributed by atoms with E-state index in [4.69, 9.17) is 16.6 Å². The standard InChI is InChI=1S/C13H11F2N3O2/c14-8-10(17)9(15)12(13(19)20)18-11(8)7-3-1-6(5-16)2-4-7/h1-4H,5,16H2,(H2,17,18)(H,19,20). The fraction of sp³-hybridized carbons (Fsp3) is 0.0769. The van der Waals surface area contributed by atoms with Gasteiger partial charge >= 0.3 is 5.97 Å². The number of nitrogens with two attached hydrogens (primary N) is 2. The van der Waals surface area contributed by atoms with Crippen molar-refractivity contribution in [3.63, 3.8) is 0 Å². The molecule has 1 heterocycles. The highest BCUT2D eigenvalue weighted by molar-refractivity contribution is 5.88. The maximum Gasteiger partial charge on any atom is 0.357 e. The van der Waals surface area contributed by atoms with Gasteiger partial charge in [-0.15, -0.1) is 0 Å². The third kappa shape index (κ3) is 2.30. The van der Waals surface area contributed by atoms with Crippen LogP contribution in [0.4, 0.5) is 14.5 Å². The van der Waals surface area contributed by atoms with Crippen molar-refractivity contribution in [3.8, 4) is 11.3 Å². The highest BCUT2D eigenvalue weighted by Gasteiger charge is 2.23. The van der Waals surface area contributed by atoms with Crippen LogP contribution >= 0.6 is 0 Å². The average molecular weight is 279 g/mol. The molecule has 1 aromatic heterocycles. The van der Waals surface area contributed by atoms with E-state index in [0.717, 1.165) is 5.56 Å². The van der Waals surface area contributed by atoms with Crippen molar-refractivity contribution in [1.29, 1.82) is 0 Å². The summed E-state index contributed by atoms with van der Waals surface area (Å²) in [6.45, 7) is 0.308. The van der Waals surface area contributed by atoms with E-state index >= 15 is 0 Å². The Morgan fingerprint density at radius 3 is 2.30 bits per heavy atom. The number of carboxylic acid groups (broad SMARTS) is 1. The van der Waals surface area contributed by atoms with Gasteiger partial charge in [0, 0.05) is 12.1 Å². The number of nitrogen functional groups attached to an aromatic ring is 1. The number of aromatic carboxylic acids is 1. The van der Waals surface area contributed by atoms with Crippen LogP contribution in [0.5, 0.6) is 0 Å². The summed E-state index contributed by atoms with van der Waals surface area (Å²) in [4.78, 5) is 14.4. The summed E-state index contributed by atoms with van der Waals surface area (Å²) in [6, 6.07) is 6.29. The lowest BCUT2D eigenvalue weighted by Crippen LogP contribution is -2.11. The van der Waals surface area contributed by atoms with E-state index in [0.29, 0.717) is 6.54 Å². The first-order valence-corrected chi connectivity index (χ1v) is 5.62. The van der Waals surface area contributed by atoms with Crippen LogP contribution in [-0.4, -0.2) is 16.1 Å². The van der Waals surface area contributed by atoms with Gasteiger partial charge in [-0.1, -0.05) is 24.3 Å². The Hall–Kier alpha value is -2.54. The van der Waals surface area contributed by atoms with E-state index in [1.807, 2.05) is 0 Å². The first-order chi connectivity index (χ1) is 9.45. The molecule has 0 fully saturated rings. The second kappa shape index (κ2) is 5.22. The number of hydrogen-bond acceptors (Lipinski definition) is 4. The number of pyridine rings is 1. The molecule has 0 radical (unpaired) electrons. The molecule has 1 aromatic carbocycles. The molecular formula is C13H11F2N3O2. The lowest BCUT2D eigenvalue weighted by Gasteiger charge is -2.09. The fourth-order valence-electron chi connectivity index (χ4n) is 1.69. The molecule has 7 heteroatoms. The van der Waals surface area contributed by atoms with E-state index in [-0.39, 0.29) is 11.3 Å². The largest absolute Gasteiger partial charge is 0.476 e. The van der Waals surface area contributed by atoms with Gasteiger partial charge in [0.15, 0.2) is 17.3 Å². The number of benzene rings is 1. The summed E-state index contributed by atoms with van der Waals surface area (Å²) in [5.74, 6) is -4.08. The number of rotatable bonds is 3. The van der Waals surface area contributed by atoms with Crippen molar-refractivity contribution in [1.82, 2.24) is 4.98 Å². The van der Waals surface area contributed by atoms with Crippen molar-refractivity contribution in [3.05, 3.63) is 47.2 Å². The molecule has 104 valence electrons. The molecule has 0 aliphatic carbocycles. The molecule has 0 spiro atoms. The third-order valence-corrected chi connectivity index (χ3v) is 2.78. The summed E-state index contributed by atoms with van der Waals surface area (Å²) in [5.41, 5.74) is 9.68. The number of halogens is 2. The van der Waals surface area contributed by atoms with Crippen LogP contribution in [0.3, 0.4) is 0 Å². The average Bonchev–Trinajstić information content (AvgIpc) is 2.45. The van der Waals surface area contributed by atoms with Crippen LogP contribution in [0, 0.1) is 11.6 Å². The zero-order valence-electron chi connectivity index (χ0n) is 10.2. The molecule has 20 heavy (non-hydrogen) atoms. The van der Waals surface area contributed by atoms with Crippen molar-refractivity contribution in [2.45, 2.75) is 6.54 Å². The van der Waals surface area contributed by atoms with E-state index in [2.05, 4.69) is 4.98 Å². The van der Waals surface area contributed by atoms with Gasteiger partial charge in [-0.05, 0) is 5.56 Å². The Morgan fingerprint density at radius 1 is 1.20 bits per heavy atom. The third-order valence-electron chi connectivity index (χ3n) is 2.78. The van der Waals surface area contributed by atoms with Crippen molar-refractivity contribution < 1.29 is 18.7 Å². The Balaban J connectivity index is 2.63. The molecule has 2 aromatic rings. The van der Waals surface area contributed by atoms with E-state index in [9.17, 15) is 13.6 Å².